The Morgan fingerprint density at radius 2 is 1.80 bits per heavy atom. The molecule has 2 aromatic rings. The lowest BCUT2D eigenvalue weighted by atomic mass is 10.0. The van der Waals surface area contributed by atoms with E-state index in [4.69, 9.17) is 5.73 Å². The SMILES string of the molecule is CC(N)C(C)C(=O)NCc1cccc2ccccc12.Cl. The van der Waals surface area contributed by atoms with Crippen LogP contribution < -0.4 is 11.1 Å². The van der Waals surface area contributed by atoms with Crippen LogP contribution in [0.1, 0.15) is 19.4 Å². The van der Waals surface area contributed by atoms with Gasteiger partial charge in [-0.25, -0.2) is 0 Å². The summed E-state index contributed by atoms with van der Waals surface area (Å²) in [5.41, 5.74) is 6.86. The van der Waals surface area contributed by atoms with E-state index in [1.54, 1.807) is 0 Å². The van der Waals surface area contributed by atoms with Crippen molar-refractivity contribution in [2.45, 2.75) is 26.4 Å². The summed E-state index contributed by atoms with van der Waals surface area (Å²) in [5.74, 6) is -0.169. The molecular weight excluding hydrogens is 272 g/mol. The van der Waals surface area contributed by atoms with Crippen LogP contribution in [0.5, 0.6) is 0 Å². The van der Waals surface area contributed by atoms with Crippen LogP contribution in [0.3, 0.4) is 0 Å². The maximum atomic E-state index is 11.9. The first-order valence-corrected chi connectivity index (χ1v) is 6.59. The Labute approximate surface area is 126 Å². The quantitative estimate of drug-likeness (QED) is 0.910. The van der Waals surface area contributed by atoms with E-state index < -0.39 is 0 Å². The number of carbonyl (C=O) groups excluding carboxylic acids is 1. The fourth-order valence-corrected chi connectivity index (χ4v) is 2.03. The molecule has 3 N–H and O–H groups in total. The Morgan fingerprint density at radius 3 is 2.50 bits per heavy atom. The highest BCUT2D eigenvalue weighted by atomic mass is 35.5. The summed E-state index contributed by atoms with van der Waals surface area (Å²) < 4.78 is 0. The Morgan fingerprint density at radius 1 is 1.15 bits per heavy atom. The normalized spacial score (nSPS) is 13.3. The van der Waals surface area contributed by atoms with Crippen molar-refractivity contribution in [1.82, 2.24) is 5.32 Å². The second-order valence-corrected chi connectivity index (χ2v) is 5.00. The van der Waals surface area contributed by atoms with Crippen LogP contribution in [0, 0.1) is 5.92 Å². The summed E-state index contributed by atoms with van der Waals surface area (Å²) in [5, 5.41) is 5.32. The van der Waals surface area contributed by atoms with Crippen molar-refractivity contribution in [3.05, 3.63) is 48.0 Å². The second kappa shape index (κ2) is 7.27. The summed E-state index contributed by atoms with van der Waals surface area (Å²) in [7, 11) is 0. The van der Waals surface area contributed by atoms with Gasteiger partial charge in [-0.2, -0.15) is 0 Å². The van der Waals surface area contributed by atoms with Gasteiger partial charge >= 0.3 is 0 Å². The van der Waals surface area contributed by atoms with Gasteiger partial charge in [0.15, 0.2) is 0 Å². The fourth-order valence-electron chi connectivity index (χ4n) is 2.03. The van der Waals surface area contributed by atoms with E-state index in [0.717, 1.165) is 5.56 Å². The largest absolute Gasteiger partial charge is 0.352 e. The van der Waals surface area contributed by atoms with Crippen molar-refractivity contribution in [3.63, 3.8) is 0 Å². The summed E-state index contributed by atoms with van der Waals surface area (Å²) >= 11 is 0. The maximum absolute atomic E-state index is 11.9. The van der Waals surface area contributed by atoms with E-state index in [1.807, 2.05) is 38.1 Å². The zero-order chi connectivity index (χ0) is 13.8. The fraction of sp³-hybridized carbons (Fsp3) is 0.312. The Hall–Kier alpha value is -1.58. The Bertz CT molecular complexity index is 578. The number of fused-ring (bicyclic) bond motifs is 1. The van der Waals surface area contributed by atoms with E-state index in [9.17, 15) is 4.79 Å². The van der Waals surface area contributed by atoms with Crippen LogP contribution in [0.4, 0.5) is 0 Å². The third-order valence-electron chi connectivity index (χ3n) is 3.54. The number of rotatable bonds is 4. The molecule has 0 saturated carbocycles. The van der Waals surface area contributed by atoms with E-state index >= 15 is 0 Å². The third kappa shape index (κ3) is 3.71. The highest BCUT2D eigenvalue weighted by Gasteiger charge is 2.16. The standard InChI is InChI=1S/C16H20N2O.ClH/c1-11(12(2)17)16(19)18-10-14-8-5-7-13-6-3-4-9-15(13)14;/h3-9,11-12H,10,17H2,1-2H3,(H,18,19);1H. The zero-order valence-corrected chi connectivity index (χ0v) is 12.6. The number of hydrogen-bond acceptors (Lipinski definition) is 2. The molecular formula is C16H21ClN2O. The molecule has 0 aliphatic heterocycles. The summed E-state index contributed by atoms with van der Waals surface area (Å²) in [4.78, 5) is 11.9. The lowest BCUT2D eigenvalue weighted by Crippen LogP contribution is -2.38. The number of hydrogen-bond donors (Lipinski definition) is 2. The van der Waals surface area contributed by atoms with Gasteiger partial charge in [-0.1, -0.05) is 49.4 Å². The van der Waals surface area contributed by atoms with Crippen molar-refractivity contribution in [3.8, 4) is 0 Å². The van der Waals surface area contributed by atoms with Gasteiger partial charge in [0.05, 0.1) is 0 Å². The first-order chi connectivity index (χ1) is 9.09. The van der Waals surface area contributed by atoms with E-state index in [1.165, 1.54) is 10.8 Å². The molecule has 0 aliphatic rings. The predicted octanol–water partition coefficient (Wildman–Crippen LogP) is 2.86. The number of carbonyl (C=O) groups is 1. The molecule has 2 atom stereocenters. The van der Waals surface area contributed by atoms with Gasteiger partial charge in [0.2, 0.25) is 5.91 Å². The van der Waals surface area contributed by atoms with E-state index in [0.29, 0.717) is 6.54 Å². The number of benzene rings is 2. The minimum absolute atomic E-state index is 0. The molecule has 20 heavy (non-hydrogen) atoms. The number of nitrogens with two attached hydrogens (primary N) is 1. The summed E-state index contributed by atoms with van der Waals surface area (Å²) in [6.07, 6.45) is 0. The molecule has 2 rings (SSSR count). The summed E-state index contributed by atoms with van der Waals surface area (Å²) in [6.45, 7) is 4.24. The molecule has 1 amide bonds. The number of halogens is 1. The zero-order valence-electron chi connectivity index (χ0n) is 11.8. The van der Waals surface area contributed by atoms with Crippen molar-refractivity contribution in [1.29, 1.82) is 0 Å². The summed E-state index contributed by atoms with van der Waals surface area (Å²) in [6, 6.07) is 14.2. The van der Waals surface area contributed by atoms with Crippen molar-refractivity contribution in [2.24, 2.45) is 11.7 Å². The molecule has 0 saturated heterocycles. The smallest absolute Gasteiger partial charge is 0.224 e. The minimum Gasteiger partial charge on any atom is -0.352 e. The highest BCUT2D eigenvalue weighted by molar-refractivity contribution is 5.86. The number of nitrogens with one attached hydrogen (secondary N) is 1. The first-order valence-electron chi connectivity index (χ1n) is 6.59. The maximum Gasteiger partial charge on any atom is 0.224 e. The average Bonchev–Trinajstić information content (AvgIpc) is 2.43. The Balaban J connectivity index is 0.00000200. The molecule has 2 aromatic carbocycles. The number of amides is 1. The van der Waals surface area contributed by atoms with Gasteiger partial charge < -0.3 is 11.1 Å². The molecule has 0 spiro atoms. The van der Waals surface area contributed by atoms with Crippen LogP contribution in [-0.4, -0.2) is 11.9 Å². The molecule has 0 radical (unpaired) electrons. The lowest BCUT2D eigenvalue weighted by molar-refractivity contribution is -0.125. The van der Waals surface area contributed by atoms with Crippen LogP contribution in [0.2, 0.25) is 0 Å². The van der Waals surface area contributed by atoms with Crippen molar-refractivity contribution in [2.75, 3.05) is 0 Å². The Kier molecular flexibility index (Phi) is 5.99. The molecule has 108 valence electrons. The predicted molar refractivity (Wildman–Crippen MR) is 85.9 cm³/mol. The average molecular weight is 293 g/mol. The van der Waals surface area contributed by atoms with E-state index in [-0.39, 0.29) is 30.3 Å². The van der Waals surface area contributed by atoms with E-state index in [2.05, 4.69) is 23.5 Å². The first kappa shape index (κ1) is 16.5. The molecule has 0 heterocycles. The second-order valence-electron chi connectivity index (χ2n) is 5.00. The van der Waals surface area contributed by atoms with Gasteiger partial charge in [-0.3, -0.25) is 4.79 Å². The molecule has 4 heteroatoms. The molecule has 2 unspecified atom stereocenters. The van der Waals surface area contributed by atoms with Gasteiger partial charge in [0, 0.05) is 18.5 Å². The molecule has 3 nitrogen and oxygen atoms in total. The van der Waals surface area contributed by atoms with Crippen molar-refractivity contribution < 1.29 is 4.79 Å². The monoisotopic (exact) mass is 292 g/mol. The molecule has 0 aromatic heterocycles. The van der Waals surface area contributed by atoms with Gasteiger partial charge in [0.25, 0.3) is 0 Å². The van der Waals surface area contributed by atoms with Crippen LogP contribution in [-0.2, 0) is 11.3 Å². The van der Waals surface area contributed by atoms with Crippen LogP contribution in [0.25, 0.3) is 10.8 Å². The highest BCUT2D eigenvalue weighted by Crippen LogP contribution is 2.18. The van der Waals surface area contributed by atoms with Gasteiger partial charge in [-0.05, 0) is 23.3 Å². The minimum atomic E-state index is -0.171. The topological polar surface area (TPSA) is 55.1 Å². The molecule has 0 fully saturated rings. The lowest BCUT2D eigenvalue weighted by Gasteiger charge is -2.16. The van der Waals surface area contributed by atoms with Crippen LogP contribution in [0.15, 0.2) is 42.5 Å². The molecule has 0 aliphatic carbocycles. The van der Waals surface area contributed by atoms with Crippen LogP contribution >= 0.6 is 12.4 Å². The van der Waals surface area contributed by atoms with Gasteiger partial charge in [0.1, 0.15) is 0 Å². The third-order valence-corrected chi connectivity index (χ3v) is 3.54. The van der Waals surface area contributed by atoms with Gasteiger partial charge in [-0.15, -0.1) is 12.4 Å². The van der Waals surface area contributed by atoms with Crippen molar-refractivity contribution >= 4 is 29.1 Å². The molecule has 0 bridgehead atoms.